The minimum absolute atomic E-state index is 0.0928. The molecule has 4 nitrogen and oxygen atoms in total. The maximum absolute atomic E-state index is 11.4. The molecule has 0 amide bonds. The summed E-state index contributed by atoms with van der Waals surface area (Å²) in [5.41, 5.74) is -0.0928. The molecule has 1 rings (SSSR count). The highest BCUT2D eigenvalue weighted by Gasteiger charge is 2.06. The van der Waals surface area contributed by atoms with Gasteiger partial charge in [-0.05, 0) is 19.3 Å². The molecule has 0 saturated carbocycles. The first-order chi connectivity index (χ1) is 7.79. The molecule has 0 aliphatic carbocycles. The summed E-state index contributed by atoms with van der Waals surface area (Å²) in [6.45, 7) is 2.81. The molecule has 0 fully saturated rings. The Morgan fingerprint density at radius 3 is 2.94 bits per heavy atom. The standard InChI is InChI=1S/C10H18BrN3OS/c1-2-7-14-9(15)12-13-10(14)16-8-5-3-4-6-11/h2-8H2,1H3,(H,12,15). The van der Waals surface area contributed by atoms with Crippen LogP contribution in [0.3, 0.4) is 0 Å². The topological polar surface area (TPSA) is 50.7 Å². The first-order valence-electron chi connectivity index (χ1n) is 5.63. The molecular weight excluding hydrogens is 290 g/mol. The Kier molecular flexibility index (Phi) is 6.87. The normalized spacial score (nSPS) is 10.9. The lowest BCUT2D eigenvalue weighted by atomic mass is 10.3. The van der Waals surface area contributed by atoms with Crippen molar-refractivity contribution in [1.82, 2.24) is 14.8 Å². The number of thioether (sulfide) groups is 1. The van der Waals surface area contributed by atoms with Crippen LogP contribution in [0.15, 0.2) is 9.95 Å². The molecule has 1 aromatic rings. The molecule has 0 aliphatic heterocycles. The van der Waals surface area contributed by atoms with Crippen LogP contribution in [0, 0.1) is 0 Å². The third kappa shape index (κ3) is 4.33. The number of rotatable bonds is 8. The van der Waals surface area contributed by atoms with E-state index in [4.69, 9.17) is 0 Å². The summed E-state index contributed by atoms with van der Waals surface area (Å²) in [6, 6.07) is 0. The monoisotopic (exact) mass is 307 g/mol. The smallest absolute Gasteiger partial charge is 0.270 e. The number of unbranched alkanes of at least 4 members (excludes halogenated alkanes) is 2. The lowest BCUT2D eigenvalue weighted by molar-refractivity contribution is 0.603. The van der Waals surface area contributed by atoms with Crippen molar-refractivity contribution in [1.29, 1.82) is 0 Å². The van der Waals surface area contributed by atoms with Gasteiger partial charge >= 0.3 is 5.69 Å². The highest BCUT2D eigenvalue weighted by Crippen LogP contribution is 2.16. The molecule has 92 valence electrons. The third-order valence-corrected chi connectivity index (χ3v) is 3.80. The molecule has 6 heteroatoms. The summed E-state index contributed by atoms with van der Waals surface area (Å²) >= 11 is 5.08. The summed E-state index contributed by atoms with van der Waals surface area (Å²) in [7, 11) is 0. The fraction of sp³-hybridized carbons (Fsp3) is 0.800. The molecule has 1 heterocycles. The van der Waals surface area contributed by atoms with Gasteiger partial charge in [-0.2, -0.15) is 0 Å². The molecule has 0 aromatic carbocycles. The average molecular weight is 308 g/mol. The molecular formula is C10H18BrN3OS. The van der Waals surface area contributed by atoms with Gasteiger partial charge in [0.25, 0.3) is 0 Å². The molecule has 0 atom stereocenters. The van der Waals surface area contributed by atoms with Crippen LogP contribution < -0.4 is 5.69 Å². The Morgan fingerprint density at radius 1 is 1.44 bits per heavy atom. The Hall–Kier alpha value is -0.230. The van der Waals surface area contributed by atoms with E-state index in [1.807, 2.05) is 0 Å². The van der Waals surface area contributed by atoms with E-state index in [9.17, 15) is 4.79 Å². The van der Waals surface area contributed by atoms with Crippen molar-refractivity contribution in [3.8, 4) is 0 Å². The molecule has 0 spiro atoms. The van der Waals surface area contributed by atoms with Gasteiger partial charge in [0, 0.05) is 17.6 Å². The van der Waals surface area contributed by atoms with E-state index in [1.165, 1.54) is 19.3 Å². The second-order valence-corrected chi connectivity index (χ2v) is 5.42. The number of H-pyrrole nitrogens is 1. The van der Waals surface area contributed by atoms with E-state index in [0.717, 1.165) is 29.2 Å². The number of aromatic nitrogens is 3. The van der Waals surface area contributed by atoms with Gasteiger partial charge < -0.3 is 0 Å². The number of halogens is 1. The van der Waals surface area contributed by atoms with E-state index < -0.39 is 0 Å². The fourth-order valence-corrected chi connectivity index (χ4v) is 2.74. The van der Waals surface area contributed by atoms with Crippen molar-refractivity contribution in [2.75, 3.05) is 11.1 Å². The summed E-state index contributed by atoms with van der Waals surface area (Å²) in [5, 5.41) is 8.43. The summed E-state index contributed by atoms with van der Waals surface area (Å²) in [6.07, 6.45) is 4.56. The predicted molar refractivity (Wildman–Crippen MR) is 71.5 cm³/mol. The van der Waals surface area contributed by atoms with Crippen LogP contribution in [-0.2, 0) is 6.54 Å². The van der Waals surface area contributed by atoms with Crippen molar-refractivity contribution < 1.29 is 0 Å². The molecule has 0 unspecified atom stereocenters. The molecule has 0 radical (unpaired) electrons. The van der Waals surface area contributed by atoms with E-state index in [-0.39, 0.29) is 5.69 Å². The van der Waals surface area contributed by atoms with E-state index in [1.54, 1.807) is 16.3 Å². The van der Waals surface area contributed by atoms with Crippen molar-refractivity contribution in [3.63, 3.8) is 0 Å². The van der Waals surface area contributed by atoms with Crippen LogP contribution in [0.2, 0.25) is 0 Å². The van der Waals surface area contributed by atoms with Gasteiger partial charge in [-0.25, -0.2) is 9.89 Å². The number of aromatic amines is 1. The lowest BCUT2D eigenvalue weighted by Gasteiger charge is -2.02. The zero-order valence-electron chi connectivity index (χ0n) is 9.54. The summed E-state index contributed by atoms with van der Waals surface area (Å²) in [4.78, 5) is 11.4. The number of alkyl halides is 1. The summed E-state index contributed by atoms with van der Waals surface area (Å²) in [5.74, 6) is 1.03. The number of hydrogen-bond acceptors (Lipinski definition) is 3. The van der Waals surface area contributed by atoms with Gasteiger partial charge in [0.2, 0.25) is 0 Å². The molecule has 1 N–H and O–H groups in total. The average Bonchev–Trinajstić information content (AvgIpc) is 2.62. The zero-order valence-corrected chi connectivity index (χ0v) is 11.9. The van der Waals surface area contributed by atoms with Crippen molar-refractivity contribution in [2.24, 2.45) is 0 Å². The molecule has 16 heavy (non-hydrogen) atoms. The molecule has 0 saturated heterocycles. The Bertz CT molecular complexity index is 350. The molecule has 1 aromatic heterocycles. The minimum atomic E-state index is -0.0928. The maximum Gasteiger partial charge on any atom is 0.343 e. The summed E-state index contributed by atoms with van der Waals surface area (Å²) < 4.78 is 1.72. The van der Waals surface area contributed by atoms with Gasteiger partial charge in [-0.3, -0.25) is 4.57 Å². The number of hydrogen-bond donors (Lipinski definition) is 1. The van der Waals surface area contributed by atoms with Gasteiger partial charge in [-0.15, -0.1) is 5.10 Å². The number of nitrogens with zero attached hydrogens (tertiary/aromatic N) is 2. The van der Waals surface area contributed by atoms with Crippen LogP contribution in [0.5, 0.6) is 0 Å². The lowest BCUT2D eigenvalue weighted by Crippen LogP contribution is -2.17. The van der Waals surface area contributed by atoms with Crippen LogP contribution in [0.25, 0.3) is 0 Å². The van der Waals surface area contributed by atoms with Crippen LogP contribution in [-0.4, -0.2) is 25.8 Å². The van der Waals surface area contributed by atoms with Gasteiger partial charge in [0.05, 0.1) is 0 Å². The van der Waals surface area contributed by atoms with Crippen molar-refractivity contribution in [3.05, 3.63) is 10.5 Å². The SMILES string of the molecule is CCCn1c(SCCCCCBr)n[nH]c1=O. The van der Waals surface area contributed by atoms with Gasteiger partial charge in [-0.1, -0.05) is 41.0 Å². The molecule has 0 bridgehead atoms. The third-order valence-electron chi connectivity index (χ3n) is 2.18. The van der Waals surface area contributed by atoms with Gasteiger partial charge in [0.15, 0.2) is 5.16 Å². The highest BCUT2D eigenvalue weighted by atomic mass is 79.9. The first kappa shape index (κ1) is 13.8. The van der Waals surface area contributed by atoms with Crippen molar-refractivity contribution >= 4 is 27.7 Å². The van der Waals surface area contributed by atoms with Crippen LogP contribution in [0.4, 0.5) is 0 Å². The van der Waals surface area contributed by atoms with Gasteiger partial charge in [0.1, 0.15) is 0 Å². The Labute approximate surface area is 108 Å². The van der Waals surface area contributed by atoms with Crippen LogP contribution in [0.1, 0.15) is 32.6 Å². The fourth-order valence-electron chi connectivity index (χ4n) is 1.37. The predicted octanol–water partition coefficient (Wildman–Crippen LogP) is 2.64. The second-order valence-electron chi connectivity index (χ2n) is 3.56. The van der Waals surface area contributed by atoms with Crippen molar-refractivity contribution in [2.45, 2.75) is 44.3 Å². The van der Waals surface area contributed by atoms with E-state index >= 15 is 0 Å². The Morgan fingerprint density at radius 2 is 2.25 bits per heavy atom. The largest absolute Gasteiger partial charge is 0.343 e. The quantitative estimate of drug-likeness (QED) is 0.456. The minimum Gasteiger partial charge on any atom is -0.270 e. The first-order valence-corrected chi connectivity index (χ1v) is 7.74. The number of nitrogens with one attached hydrogen (secondary N) is 1. The molecule has 0 aliphatic rings. The zero-order chi connectivity index (χ0) is 11.8. The highest BCUT2D eigenvalue weighted by molar-refractivity contribution is 9.09. The Balaban J connectivity index is 2.38. The van der Waals surface area contributed by atoms with Crippen LogP contribution >= 0.6 is 27.7 Å². The second kappa shape index (κ2) is 7.95. The van der Waals surface area contributed by atoms with E-state index in [2.05, 4.69) is 33.1 Å². The maximum atomic E-state index is 11.4. The van der Waals surface area contributed by atoms with E-state index in [0.29, 0.717) is 0 Å².